The second-order valence-electron chi connectivity index (χ2n) is 4.14. The van der Waals surface area contributed by atoms with Crippen LogP contribution >= 0.6 is 0 Å². The van der Waals surface area contributed by atoms with Gasteiger partial charge in [-0.1, -0.05) is 6.07 Å². The van der Waals surface area contributed by atoms with E-state index in [0.717, 1.165) is 18.3 Å². The Kier molecular flexibility index (Phi) is 3.49. The Morgan fingerprint density at radius 3 is 2.65 bits per heavy atom. The lowest BCUT2D eigenvalue weighted by molar-refractivity contribution is 0.0691. The van der Waals surface area contributed by atoms with Gasteiger partial charge in [0, 0.05) is 6.20 Å². The molecular formula is C12H11FN2O4S. The highest BCUT2D eigenvalue weighted by Gasteiger charge is 2.19. The summed E-state index contributed by atoms with van der Waals surface area (Å²) in [7, 11) is -4.05. The van der Waals surface area contributed by atoms with Crippen LogP contribution in [0.15, 0.2) is 35.4 Å². The van der Waals surface area contributed by atoms with E-state index in [2.05, 4.69) is 9.71 Å². The molecule has 0 aliphatic carbocycles. The highest BCUT2D eigenvalue weighted by Crippen LogP contribution is 2.20. The summed E-state index contributed by atoms with van der Waals surface area (Å²) in [6.07, 6.45) is 1.03. The van der Waals surface area contributed by atoms with Gasteiger partial charge in [-0.05, 0) is 30.7 Å². The van der Waals surface area contributed by atoms with E-state index in [1.165, 1.54) is 12.1 Å². The number of carbonyl (C=O) groups is 1. The fourth-order valence-corrected chi connectivity index (χ4v) is 2.62. The number of hydrogen-bond acceptors (Lipinski definition) is 3. The van der Waals surface area contributed by atoms with E-state index in [1.54, 1.807) is 6.92 Å². The Hall–Kier alpha value is -2.35. The van der Waals surface area contributed by atoms with Crippen LogP contribution in [0.1, 0.15) is 16.1 Å². The first-order valence-electron chi connectivity index (χ1n) is 5.50. The van der Waals surface area contributed by atoms with Gasteiger partial charge >= 0.3 is 5.97 Å². The Bertz CT molecular complexity index is 768. The molecule has 0 spiro atoms. The van der Waals surface area contributed by atoms with Crippen molar-refractivity contribution in [3.05, 3.63) is 47.5 Å². The molecular weight excluding hydrogens is 287 g/mol. The molecule has 1 heterocycles. The summed E-state index contributed by atoms with van der Waals surface area (Å²) in [5.74, 6) is -2.00. The first-order chi connectivity index (χ1) is 9.29. The summed E-state index contributed by atoms with van der Waals surface area (Å²) in [6, 6.07) is 4.95. The topological polar surface area (TPSA) is 99.3 Å². The summed E-state index contributed by atoms with van der Waals surface area (Å²) in [4.78, 5) is 12.7. The van der Waals surface area contributed by atoms with Gasteiger partial charge in [-0.25, -0.2) is 17.6 Å². The van der Waals surface area contributed by atoms with Crippen molar-refractivity contribution < 1.29 is 22.7 Å². The zero-order chi connectivity index (χ0) is 14.9. The van der Waals surface area contributed by atoms with Crippen LogP contribution in [0.3, 0.4) is 0 Å². The van der Waals surface area contributed by atoms with Crippen molar-refractivity contribution in [3.8, 4) is 0 Å². The molecule has 0 aliphatic heterocycles. The molecule has 0 saturated heterocycles. The molecule has 0 aliphatic rings. The number of benzene rings is 1. The van der Waals surface area contributed by atoms with Crippen LogP contribution in [0.25, 0.3) is 0 Å². The van der Waals surface area contributed by atoms with Crippen molar-refractivity contribution in [3.63, 3.8) is 0 Å². The average Bonchev–Trinajstić information content (AvgIpc) is 2.84. The number of aromatic amines is 1. The molecule has 106 valence electrons. The summed E-state index contributed by atoms with van der Waals surface area (Å²) >= 11 is 0. The normalized spacial score (nSPS) is 11.3. The van der Waals surface area contributed by atoms with E-state index < -0.39 is 21.8 Å². The van der Waals surface area contributed by atoms with Gasteiger partial charge in [0.15, 0.2) is 0 Å². The van der Waals surface area contributed by atoms with Crippen LogP contribution in [0, 0.1) is 12.7 Å². The molecule has 2 rings (SSSR count). The number of nitrogens with one attached hydrogen (secondary N) is 2. The highest BCUT2D eigenvalue weighted by atomic mass is 32.2. The minimum absolute atomic E-state index is 0.192. The summed E-state index contributed by atoms with van der Waals surface area (Å²) < 4.78 is 39.6. The summed E-state index contributed by atoms with van der Waals surface area (Å²) in [5.41, 5.74) is 0.225. The lowest BCUT2D eigenvalue weighted by atomic mass is 10.2. The van der Waals surface area contributed by atoms with Crippen molar-refractivity contribution in [2.24, 2.45) is 0 Å². The molecule has 6 nitrogen and oxygen atoms in total. The van der Waals surface area contributed by atoms with Crippen molar-refractivity contribution >= 4 is 21.7 Å². The number of halogens is 1. The number of aromatic carboxylic acids is 1. The molecule has 2 aromatic rings. The van der Waals surface area contributed by atoms with Crippen LogP contribution in [-0.4, -0.2) is 24.5 Å². The van der Waals surface area contributed by atoms with Crippen LogP contribution in [0.4, 0.5) is 10.1 Å². The minimum atomic E-state index is -4.05. The van der Waals surface area contributed by atoms with E-state index >= 15 is 0 Å². The smallest absolute Gasteiger partial charge is 0.352 e. The van der Waals surface area contributed by atoms with E-state index in [1.807, 2.05) is 0 Å². The fraction of sp³-hybridized carbons (Fsp3) is 0.0833. The molecule has 3 N–H and O–H groups in total. The molecule has 1 aromatic heterocycles. The number of aryl methyl sites for hydroxylation is 1. The number of aromatic nitrogens is 1. The van der Waals surface area contributed by atoms with Crippen LogP contribution in [0.2, 0.25) is 0 Å². The third-order valence-corrected chi connectivity index (χ3v) is 3.91. The van der Waals surface area contributed by atoms with Crippen molar-refractivity contribution in [1.82, 2.24) is 4.98 Å². The second kappa shape index (κ2) is 4.97. The SMILES string of the molecule is Cc1ccc(F)c(NS(=O)(=O)c2c[nH]c(C(=O)O)c2)c1. The van der Waals surface area contributed by atoms with Gasteiger partial charge in [0.1, 0.15) is 16.4 Å². The number of carboxylic acid groups (broad SMARTS) is 1. The molecule has 0 atom stereocenters. The van der Waals surface area contributed by atoms with Gasteiger partial charge in [0.05, 0.1) is 5.69 Å². The van der Waals surface area contributed by atoms with Gasteiger partial charge in [-0.2, -0.15) is 0 Å². The first kappa shape index (κ1) is 14.1. The predicted octanol–water partition coefficient (Wildman–Crippen LogP) is 1.96. The molecule has 20 heavy (non-hydrogen) atoms. The number of sulfonamides is 1. The minimum Gasteiger partial charge on any atom is -0.477 e. The van der Waals surface area contributed by atoms with E-state index in [4.69, 9.17) is 5.11 Å². The molecule has 0 unspecified atom stereocenters. The number of carboxylic acids is 1. The monoisotopic (exact) mass is 298 g/mol. The molecule has 0 fully saturated rings. The lowest BCUT2D eigenvalue weighted by Gasteiger charge is -2.08. The summed E-state index contributed by atoms with van der Waals surface area (Å²) in [5, 5.41) is 8.73. The quantitative estimate of drug-likeness (QED) is 0.803. The number of anilines is 1. The molecule has 0 saturated carbocycles. The van der Waals surface area contributed by atoms with Gasteiger partial charge in [0.25, 0.3) is 10.0 Å². The molecule has 8 heteroatoms. The standard InChI is InChI=1S/C12H11FN2O4S/c1-7-2-3-9(13)10(4-7)15-20(18,19)8-5-11(12(16)17)14-6-8/h2-6,14-15H,1H3,(H,16,17). The molecule has 0 amide bonds. The van der Waals surface area contributed by atoms with Gasteiger partial charge in [0.2, 0.25) is 0 Å². The second-order valence-corrected chi connectivity index (χ2v) is 5.83. The highest BCUT2D eigenvalue weighted by molar-refractivity contribution is 7.92. The lowest BCUT2D eigenvalue weighted by Crippen LogP contribution is -2.13. The van der Waals surface area contributed by atoms with Gasteiger partial charge < -0.3 is 10.1 Å². The maximum absolute atomic E-state index is 13.5. The maximum Gasteiger partial charge on any atom is 0.352 e. The molecule has 1 aromatic carbocycles. The van der Waals surface area contributed by atoms with E-state index in [0.29, 0.717) is 5.56 Å². The average molecular weight is 298 g/mol. The third-order valence-electron chi connectivity index (χ3n) is 2.56. The Morgan fingerprint density at radius 1 is 1.35 bits per heavy atom. The Morgan fingerprint density at radius 2 is 2.05 bits per heavy atom. The number of hydrogen-bond donors (Lipinski definition) is 3. The van der Waals surface area contributed by atoms with Gasteiger partial charge in [-0.3, -0.25) is 4.72 Å². The van der Waals surface area contributed by atoms with E-state index in [-0.39, 0.29) is 16.3 Å². The Labute approximate surface area is 114 Å². The molecule has 0 radical (unpaired) electrons. The van der Waals surface area contributed by atoms with Crippen molar-refractivity contribution in [2.45, 2.75) is 11.8 Å². The zero-order valence-corrected chi connectivity index (χ0v) is 11.2. The Balaban J connectivity index is 2.35. The van der Waals surface area contributed by atoms with Crippen LogP contribution in [0.5, 0.6) is 0 Å². The van der Waals surface area contributed by atoms with Crippen LogP contribution < -0.4 is 4.72 Å². The maximum atomic E-state index is 13.5. The van der Waals surface area contributed by atoms with Crippen molar-refractivity contribution in [2.75, 3.05) is 4.72 Å². The largest absolute Gasteiger partial charge is 0.477 e. The zero-order valence-electron chi connectivity index (χ0n) is 10.3. The number of rotatable bonds is 4. The fourth-order valence-electron chi connectivity index (χ4n) is 1.57. The van der Waals surface area contributed by atoms with Crippen LogP contribution in [-0.2, 0) is 10.0 Å². The first-order valence-corrected chi connectivity index (χ1v) is 6.98. The van der Waals surface area contributed by atoms with Crippen molar-refractivity contribution in [1.29, 1.82) is 0 Å². The molecule has 0 bridgehead atoms. The van der Waals surface area contributed by atoms with Gasteiger partial charge in [-0.15, -0.1) is 0 Å². The predicted molar refractivity (Wildman–Crippen MR) is 69.7 cm³/mol. The van der Waals surface area contributed by atoms with E-state index in [9.17, 15) is 17.6 Å². The number of H-pyrrole nitrogens is 1. The summed E-state index contributed by atoms with van der Waals surface area (Å²) in [6.45, 7) is 1.69. The third kappa shape index (κ3) is 2.80.